The largest absolute Gasteiger partial charge is 0.423 e. The molecule has 0 amide bonds. The maximum absolute atomic E-state index is 5.22. The van der Waals surface area contributed by atoms with E-state index in [-0.39, 0.29) is 0 Å². The van der Waals surface area contributed by atoms with Crippen LogP contribution in [-0.4, -0.2) is 16.7 Å². The van der Waals surface area contributed by atoms with Crippen LogP contribution in [0.15, 0.2) is 35.1 Å². The van der Waals surface area contributed by atoms with E-state index in [1.807, 2.05) is 12.1 Å². The molecule has 4 nitrogen and oxygen atoms in total. The van der Waals surface area contributed by atoms with Crippen molar-refractivity contribution >= 4 is 5.69 Å². The molecule has 3 rings (SSSR count). The SMILES string of the molecule is c1cc(NCCC2CCCCC2)cc(-c2nnco2)c1. The van der Waals surface area contributed by atoms with Gasteiger partial charge in [-0.2, -0.15) is 0 Å². The van der Waals surface area contributed by atoms with Crippen LogP contribution in [0.1, 0.15) is 38.5 Å². The van der Waals surface area contributed by atoms with Gasteiger partial charge in [0, 0.05) is 17.8 Å². The van der Waals surface area contributed by atoms with Gasteiger partial charge in [-0.1, -0.05) is 38.2 Å². The average molecular weight is 271 g/mol. The van der Waals surface area contributed by atoms with E-state index in [0.29, 0.717) is 5.89 Å². The summed E-state index contributed by atoms with van der Waals surface area (Å²) in [6.45, 7) is 1.04. The van der Waals surface area contributed by atoms with Gasteiger partial charge < -0.3 is 9.73 Å². The second-order valence-corrected chi connectivity index (χ2v) is 5.54. The normalized spacial score (nSPS) is 16.2. The number of nitrogens with zero attached hydrogens (tertiary/aromatic N) is 2. The molecule has 0 spiro atoms. The summed E-state index contributed by atoms with van der Waals surface area (Å²) in [6.07, 6.45) is 9.70. The summed E-state index contributed by atoms with van der Waals surface area (Å²) in [5.41, 5.74) is 2.08. The molecule has 0 atom stereocenters. The van der Waals surface area contributed by atoms with Gasteiger partial charge >= 0.3 is 0 Å². The van der Waals surface area contributed by atoms with Gasteiger partial charge in [0.1, 0.15) is 0 Å². The molecular formula is C16H21N3O. The molecular weight excluding hydrogens is 250 g/mol. The Bertz CT molecular complexity index is 518. The molecule has 2 aromatic rings. The van der Waals surface area contributed by atoms with Crippen molar-refractivity contribution in [1.29, 1.82) is 0 Å². The van der Waals surface area contributed by atoms with Gasteiger partial charge in [-0.15, -0.1) is 10.2 Å². The van der Waals surface area contributed by atoms with E-state index >= 15 is 0 Å². The summed E-state index contributed by atoms with van der Waals surface area (Å²) in [6, 6.07) is 8.15. The molecule has 1 heterocycles. The molecule has 1 aliphatic rings. The first-order chi connectivity index (χ1) is 9.92. The van der Waals surface area contributed by atoms with Crippen molar-refractivity contribution in [3.63, 3.8) is 0 Å². The predicted octanol–water partition coefficient (Wildman–Crippen LogP) is 4.12. The monoisotopic (exact) mass is 271 g/mol. The quantitative estimate of drug-likeness (QED) is 0.888. The lowest BCUT2D eigenvalue weighted by Gasteiger charge is -2.21. The maximum Gasteiger partial charge on any atom is 0.247 e. The van der Waals surface area contributed by atoms with Gasteiger partial charge in [-0.3, -0.25) is 0 Å². The van der Waals surface area contributed by atoms with E-state index in [1.165, 1.54) is 44.9 Å². The van der Waals surface area contributed by atoms with Crippen molar-refractivity contribution in [2.24, 2.45) is 5.92 Å². The number of anilines is 1. The third-order valence-electron chi connectivity index (χ3n) is 4.08. The standard InChI is InChI=1S/C16H21N3O/c1-2-5-13(6-3-1)9-10-17-15-8-4-7-14(11-15)16-19-18-12-20-16/h4,7-8,11-13,17H,1-3,5-6,9-10H2. The lowest BCUT2D eigenvalue weighted by atomic mass is 9.87. The van der Waals surface area contributed by atoms with Gasteiger partial charge in [0.15, 0.2) is 0 Å². The van der Waals surface area contributed by atoms with E-state index < -0.39 is 0 Å². The van der Waals surface area contributed by atoms with Crippen LogP contribution in [-0.2, 0) is 0 Å². The Hall–Kier alpha value is -1.84. The molecule has 1 aromatic carbocycles. The second kappa shape index (κ2) is 6.55. The summed E-state index contributed by atoms with van der Waals surface area (Å²) in [7, 11) is 0. The van der Waals surface area contributed by atoms with Crippen molar-refractivity contribution in [1.82, 2.24) is 10.2 Å². The van der Waals surface area contributed by atoms with Crippen LogP contribution in [0.3, 0.4) is 0 Å². The summed E-state index contributed by atoms with van der Waals surface area (Å²) < 4.78 is 5.22. The maximum atomic E-state index is 5.22. The molecule has 1 fully saturated rings. The summed E-state index contributed by atoms with van der Waals surface area (Å²) in [5.74, 6) is 1.48. The Morgan fingerprint density at radius 2 is 2.10 bits per heavy atom. The van der Waals surface area contributed by atoms with Crippen LogP contribution < -0.4 is 5.32 Å². The van der Waals surface area contributed by atoms with Gasteiger partial charge in [0.2, 0.25) is 12.3 Å². The summed E-state index contributed by atoms with van der Waals surface area (Å²) >= 11 is 0. The molecule has 0 radical (unpaired) electrons. The first kappa shape index (κ1) is 13.2. The zero-order valence-corrected chi connectivity index (χ0v) is 11.7. The Morgan fingerprint density at radius 1 is 1.20 bits per heavy atom. The molecule has 0 unspecified atom stereocenters. The first-order valence-corrected chi connectivity index (χ1v) is 7.52. The first-order valence-electron chi connectivity index (χ1n) is 7.52. The van der Waals surface area contributed by atoms with Crippen molar-refractivity contribution in [3.05, 3.63) is 30.7 Å². The highest BCUT2D eigenvalue weighted by molar-refractivity contribution is 5.60. The Kier molecular flexibility index (Phi) is 4.31. The molecule has 4 heteroatoms. The number of hydrogen-bond donors (Lipinski definition) is 1. The molecule has 0 bridgehead atoms. The Morgan fingerprint density at radius 3 is 2.90 bits per heavy atom. The van der Waals surface area contributed by atoms with E-state index in [2.05, 4.69) is 27.6 Å². The number of aromatic nitrogens is 2. The minimum absolute atomic E-state index is 0.570. The minimum Gasteiger partial charge on any atom is -0.423 e. The fraction of sp³-hybridized carbons (Fsp3) is 0.500. The highest BCUT2D eigenvalue weighted by Gasteiger charge is 2.12. The van der Waals surface area contributed by atoms with Crippen LogP contribution in [0.25, 0.3) is 11.5 Å². The van der Waals surface area contributed by atoms with E-state index in [0.717, 1.165) is 23.7 Å². The van der Waals surface area contributed by atoms with E-state index in [4.69, 9.17) is 4.42 Å². The zero-order chi connectivity index (χ0) is 13.6. The van der Waals surface area contributed by atoms with Crippen LogP contribution in [0.4, 0.5) is 5.69 Å². The molecule has 0 aliphatic heterocycles. The number of rotatable bonds is 5. The highest BCUT2D eigenvalue weighted by atomic mass is 16.4. The molecule has 20 heavy (non-hydrogen) atoms. The highest BCUT2D eigenvalue weighted by Crippen LogP contribution is 2.26. The van der Waals surface area contributed by atoms with Crippen LogP contribution in [0.2, 0.25) is 0 Å². The number of benzene rings is 1. The molecule has 1 N–H and O–H groups in total. The smallest absolute Gasteiger partial charge is 0.247 e. The molecule has 0 saturated heterocycles. The third kappa shape index (κ3) is 3.38. The molecule has 1 aromatic heterocycles. The van der Waals surface area contributed by atoms with Gasteiger partial charge in [0.25, 0.3) is 0 Å². The fourth-order valence-electron chi connectivity index (χ4n) is 2.96. The van der Waals surface area contributed by atoms with Crippen molar-refractivity contribution < 1.29 is 4.42 Å². The Balaban J connectivity index is 1.53. The minimum atomic E-state index is 0.570. The third-order valence-corrected chi connectivity index (χ3v) is 4.08. The number of nitrogens with one attached hydrogen (secondary N) is 1. The van der Waals surface area contributed by atoms with Crippen LogP contribution >= 0.6 is 0 Å². The summed E-state index contributed by atoms with van der Waals surface area (Å²) in [5, 5.41) is 11.2. The summed E-state index contributed by atoms with van der Waals surface area (Å²) in [4.78, 5) is 0. The van der Waals surface area contributed by atoms with E-state index in [9.17, 15) is 0 Å². The van der Waals surface area contributed by atoms with Crippen LogP contribution in [0.5, 0.6) is 0 Å². The van der Waals surface area contributed by atoms with Gasteiger partial charge in [-0.25, -0.2) is 0 Å². The topological polar surface area (TPSA) is 51.0 Å². The number of hydrogen-bond acceptors (Lipinski definition) is 4. The van der Waals surface area contributed by atoms with Gasteiger partial charge in [0.05, 0.1) is 0 Å². The molecule has 1 aliphatic carbocycles. The fourth-order valence-corrected chi connectivity index (χ4v) is 2.96. The predicted molar refractivity (Wildman–Crippen MR) is 79.4 cm³/mol. The van der Waals surface area contributed by atoms with Crippen molar-refractivity contribution in [3.8, 4) is 11.5 Å². The second-order valence-electron chi connectivity index (χ2n) is 5.54. The van der Waals surface area contributed by atoms with Crippen molar-refractivity contribution in [2.75, 3.05) is 11.9 Å². The molecule has 106 valence electrons. The molecule has 1 saturated carbocycles. The Labute approximate surface area is 119 Å². The zero-order valence-electron chi connectivity index (χ0n) is 11.7. The average Bonchev–Trinajstić information content (AvgIpc) is 3.03. The van der Waals surface area contributed by atoms with Gasteiger partial charge in [-0.05, 0) is 30.5 Å². The van der Waals surface area contributed by atoms with Crippen molar-refractivity contribution in [2.45, 2.75) is 38.5 Å². The van der Waals surface area contributed by atoms with E-state index in [1.54, 1.807) is 0 Å². The van der Waals surface area contributed by atoms with Crippen LogP contribution in [0, 0.1) is 5.92 Å². The lowest BCUT2D eigenvalue weighted by Crippen LogP contribution is -2.12. The lowest BCUT2D eigenvalue weighted by molar-refractivity contribution is 0.345.